The number of carbonyl (C=O) groups excluding carboxylic acids is 1. The summed E-state index contributed by atoms with van der Waals surface area (Å²) in [4.78, 5) is 14.4. The van der Waals surface area contributed by atoms with E-state index >= 15 is 0 Å². The zero-order valence-electron chi connectivity index (χ0n) is 15.6. The Kier molecular flexibility index (Phi) is 5.39. The first-order chi connectivity index (χ1) is 12.6. The molecule has 0 unspecified atom stereocenters. The Hall–Kier alpha value is -2.64. The Morgan fingerprint density at radius 1 is 1.35 bits per heavy atom. The van der Waals surface area contributed by atoms with Crippen molar-refractivity contribution in [2.45, 2.75) is 44.6 Å². The van der Waals surface area contributed by atoms with Gasteiger partial charge in [-0.15, -0.1) is 5.10 Å². The first-order valence-corrected chi connectivity index (χ1v) is 9.07. The van der Waals surface area contributed by atoms with Crippen molar-refractivity contribution in [3.05, 3.63) is 30.1 Å². The number of hydrogen-bond acceptors (Lipinski definition) is 5. The number of urea groups is 1. The predicted octanol–water partition coefficient (Wildman–Crippen LogP) is 2.49. The maximum Gasteiger partial charge on any atom is 0.317 e. The molecular weight excluding hydrogens is 332 g/mol. The Balaban J connectivity index is 2.06. The summed E-state index contributed by atoms with van der Waals surface area (Å²) in [7, 11) is 3.46. The number of aromatic nitrogens is 4. The summed E-state index contributed by atoms with van der Waals surface area (Å²) < 4.78 is 7.05. The van der Waals surface area contributed by atoms with Crippen molar-refractivity contribution in [2.24, 2.45) is 0 Å². The molecule has 8 nitrogen and oxygen atoms in total. The minimum absolute atomic E-state index is 0.102. The van der Waals surface area contributed by atoms with Crippen molar-refractivity contribution in [3.63, 3.8) is 0 Å². The molecule has 1 fully saturated rings. The summed E-state index contributed by atoms with van der Waals surface area (Å²) in [6.07, 6.45) is 4.91. The number of rotatable bonds is 5. The van der Waals surface area contributed by atoms with Gasteiger partial charge in [-0.2, -0.15) is 4.68 Å². The number of ether oxygens (including phenoxy) is 1. The van der Waals surface area contributed by atoms with Crippen LogP contribution in [0.3, 0.4) is 0 Å². The van der Waals surface area contributed by atoms with Crippen LogP contribution in [0.2, 0.25) is 0 Å². The van der Waals surface area contributed by atoms with Crippen molar-refractivity contribution in [3.8, 4) is 11.4 Å². The quantitative estimate of drug-likeness (QED) is 0.887. The first kappa shape index (κ1) is 18.2. The van der Waals surface area contributed by atoms with Gasteiger partial charge in [0.25, 0.3) is 0 Å². The van der Waals surface area contributed by atoms with Crippen LogP contribution >= 0.6 is 0 Å². The van der Waals surface area contributed by atoms with Crippen LogP contribution in [0, 0.1) is 0 Å². The van der Waals surface area contributed by atoms with Gasteiger partial charge in [0.05, 0.1) is 12.8 Å². The van der Waals surface area contributed by atoms with E-state index in [0.29, 0.717) is 12.4 Å². The van der Waals surface area contributed by atoms with Crippen LogP contribution in [0.1, 0.15) is 44.9 Å². The summed E-state index contributed by atoms with van der Waals surface area (Å²) in [5, 5.41) is 15.4. The lowest BCUT2D eigenvalue weighted by Crippen LogP contribution is -2.53. The third kappa shape index (κ3) is 3.23. The highest BCUT2D eigenvalue weighted by molar-refractivity contribution is 5.75. The van der Waals surface area contributed by atoms with Crippen LogP contribution in [0.25, 0.3) is 5.69 Å². The molecule has 8 heteroatoms. The summed E-state index contributed by atoms with van der Waals surface area (Å²) in [5.74, 6) is 1.43. The molecule has 2 aromatic rings. The van der Waals surface area contributed by atoms with E-state index in [4.69, 9.17) is 4.74 Å². The van der Waals surface area contributed by atoms with Crippen LogP contribution in [0.15, 0.2) is 24.3 Å². The van der Waals surface area contributed by atoms with E-state index in [0.717, 1.165) is 43.5 Å². The normalized spacial score (nSPS) is 16.1. The second kappa shape index (κ2) is 7.72. The monoisotopic (exact) mass is 358 g/mol. The molecule has 1 aliphatic carbocycles. The third-order valence-corrected chi connectivity index (χ3v) is 5.14. The van der Waals surface area contributed by atoms with Gasteiger partial charge in [-0.1, -0.05) is 25.3 Å². The van der Waals surface area contributed by atoms with Crippen LogP contribution < -0.4 is 10.1 Å². The molecular formula is C18H26N6O2. The molecule has 1 heterocycles. The fraction of sp³-hybridized carbons (Fsp3) is 0.556. The van der Waals surface area contributed by atoms with Gasteiger partial charge in [-0.3, -0.25) is 0 Å². The second-order valence-corrected chi connectivity index (χ2v) is 6.60. The van der Waals surface area contributed by atoms with Gasteiger partial charge >= 0.3 is 6.03 Å². The standard InChI is InChI=1S/C18H26N6O2/c1-4-19-17(25)23(2)18(11-6-5-7-12-18)16-20-21-22-24(16)14-9-8-10-15(13-14)26-3/h8-10,13H,4-7,11-12H2,1-3H3,(H,19,25). The van der Waals surface area contributed by atoms with Crippen LogP contribution in [-0.4, -0.2) is 51.8 Å². The SMILES string of the molecule is CCNC(=O)N(C)C1(c2nnnn2-c2cccc(OC)c2)CCCCC1. The van der Waals surface area contributed by atoms with Gasteiger partial charge in [-0.25, -0.2) is 4.79 Å². The molecule has 0 bridgehead atoms. The van der Waals surface area contributed by atoms with Gasteiger partial charge < -0.3 is 15.0 Å². The van der Waals surface area contributed by atoms with E-state index in [2.05, 4.69) is 20.8 Å². The number of tetrazole rings is 1. The number of benzene rings is 1. The lowest BCUT2D eigenvalue weighted by molar-refractivity contribution is 0.0865. The Morgan fingerprint density at radius 2 is 2.12 bits per heavy atom. The Bertz CT molecular complexity index is 754. The van der Waals surface area contributed by atoms with Crippen molar-refractivity contribution in [1.29, 1.82) is 0 Å². The van der Waals surface area contributed by atoms with Crippen LogP contribution in [0.4, 0.5) is 4.79 Å². The van der Waals surface area contributed by atoms with Gasteiger partial charge in [-0.05, 0) is 42.3 Å². The molecule has 140 valence electrons. The summed E-state index contributed by atoms with van der Waals surface area (Å²) in [5.41, 5.74) is 0.294. The summed E-state index contributed by atoms with van der Waals surface area (Å²) in [6.45, 7) is 2.50. The van der Waals surface area contributed by atoms with Crippen LogP contribution in [0.5, 0.6) is 5.75 Å². The molecule has 1 saturated carbocycles. The second-order valence-electron chi connectivity index (χ2n) is 6.60. The van der Waals surface area contributed by atoms with Gasteiger partial charge in [0.15, 0.2) is 5.82 Å². The van der Waals surface area contributed by atoms with Crippen molar-refractivity contribution < 1.29 is 9.53 Å². The number of methoxy groups -OCH3 is 1. The molecule has 1 aromatic heterocycles. The summed E-state index contributed by atoms with van der Waals surface area (Å²) >= 11 is 0. The molecule has 3 rings (SSSR count). The topological polar surface area (TPSA) is 85.2 Å². The number of nitrogens with one attached hydrogen (secondary N) is 1. The molecule has 0 aliphatic heterocycles. The fourth-order valence-corrected chi connectivity index (χ4v) is 3.70. The molecule has 0 radical (unpaired) electrons. The van der Waals surface area contributed by atoms with Crippen LogP contribution in [-0.2, 0) is 5.54 Å². The molecule has 0 spiro atoms. The third-order valence-electron chi connectivity index (χ3n) is 5.14. The minimum atomic E-state index is -0.524. The average Bonchev–Trinajstić information content (AvgIpc) is 3.18. The zero-order chi connectivity index (χ0) is 18.6. The number of amides is 2. The molecule has 2 amide bonds. The number of nitrogens with zero attached hydrogens (tertiary/aromatic N) is 5. The predicted molar refractivity (Wildman–Crippen MR) is 97.3 cm³/mol. The maximum atomic E-state index is 12.6. The molecule has 26 heavy (non-hydrogen) atoms. The lowest BCUT2D eigenvalue weighted by Gasteiger charge is -2.43. The number of carbonyl (C=O) groups is 1. The van der Waals surface area contributed by atoms with Gasteiger partial charge in [0.2, 0.25) is 0 Å². The van der Waals surface area contributed by atoms with E-state index in [1.165, 1.54) is 0 Å². The average molecular weight is 358 g/mol. The molecule has 0 saturated heterocycles. The van der Waals surface area contributed by atoms with Crippen molar-refractivity contribution >= 4 is 6.03 Å². The number of hydrogen-bond donors (Lipinski definition) is 1. The van der Waals surface area contributed by atoms with E-state index in [1.807, 2.05) is 38.2 Å². The van der Waals surface area contributed by atoms with E-state index in [9.17, 15) is 4.79 Å². The fourth-order valence-electron chi connectivity index (χ4n) is 3.70. The van der Waals surface area contributed by atoms with Gasteiger partial charge in [0.1, 0.15) is 11.3 Å². The Morgan fingerprint density at radius 3 is 2.81 bits per heavy atom. The maximum absolute atomic E-state index is 12.6. The van der Waals surface area contributed by atoms with Gasteiger partial charge in [0, 0.05) is 19.7 Å². The molecule has 0 atom stereocenters. The van der Waals surface area contributed by atoms with E-state index in [1.54, 1.807) is 16.7 Å². The first-order valence-electron chi connectivity index (χ1n) is 9.07. The molecule has 1 N–H and O–H groups in total. The largest absolute Gasteiger partial charge is 0.497 e. The highest BCUT2D eigenvalue weighted by Gasteiger charge is 2.44. The van der Waals surface area contributed by atoms with Crippen molar-refractivity contribution in [1.82, 2.24) is 30.4 Å². The van der Waals surface area contributed by atoms with Crippen molar-refractivity contribution in [2.75, 3.05) is 20.7 Å². The molecule has 1 aliphatic rings. The Labute approximate surface area is 153 Å². The highest BCUT2D eigenvalue weighted by Crippen LogP contribution is 2.41. The lowest BCUT2D eigenvalue weighted by atomic mass is 9.79. The zero-order valence-corrected chi connectivity index (χ0v) is 15.6. The van der Waals surface area contributed by atoms with E-state index in [-0.39, 0.29) is 6.03 Å². The highest BCUT2D eigenvalue weighted by atomic mass is 16.5. The smallest absolute Gasteiger partial charge is 0.317 e. The molecule has 1 aromatic carbocycles. The summed E-state index contributed by atoms with van der Waals surface area (Å²) in [6, 6.07) is 7.51. The van der Waals surface area contributed by atoms with E-state index < -0.39 is 5.54 Å². The minimum Gasteiger partial charge on any atom is -0.497 e.